The summed E-state index contributed by atoms with van der Waals surface area (Å²) in [4.78, 5) is 14.2. The zero-order chi connectivity index (χ0) is 13.7. The van der Waals surface area contributed by atoms with Crippen molar-refractivity contribution in [3.05, 3.63) is 35.4 Å². The van der Waals surface area contributed by atoms with Gasteiger partial charge in [0.25, 0.3) is 0 Å². The fourth-order valence-electron chi connectivity index (χ4n) is 2.21. The van der Waals surface area contributed by atoms with Crippen molar-refractivity contribution in [1.29, 1.82) is 0 Å². The van der Waals surface area contributed by atoms with E-state index in [1.165, 1.54) is 0 Å². The minimum Gasteiger partial charge on any atom is -1.00 e. The number of esters is 1. The van der Waals surface area contributed by atoms with Gasteiger partial charge in [0, 0.05) is 19.6 Å². The monoisotopic (exact) mass is 298 g/mol. The van der Waals surface area contributed by atoms with Crippen LogP contribution in [0.1, 0.15) is 22.8 Å². The van der Waals surface area contributed by atoms with E-state index in [0.29, 0.717) is 5.56 Å². The highest BCUT2D eigenvalue weighted by atomic mass is 35.5. The predicted molar refractivity (Wildman–Crippen MR) is 73.3 cm³/mol. The first-order valence-corrected chi connectivity index (χ1v) is 6.73. The largest absolute Gasteiger partial charge is 1.00 e. The van der Waals surface area contributed by atoms with E-state index in [2.05, 4.69) is 4.90 Å². The highest BCUT2D eigenvalue weighted by Gasteiger charge is 2.17. The summed E-state index contributed by atoms with van der Waals surface area (Å²) in [6.45, 7) is 8.01. The average molecular weight is 299 g/mol. The van der Waals surface area contributed by atoms with Crippen LogP contribution in [0.2, 0.25) is 0 Å². The van der Waals surface area contributed by atoms with Crippen molar-refractivity contribution in [3.8, 4) is 0 Å². The number of aryl methyl sites for hydroxylation is 1. The third-order valence-corrected chi connectivity index (χ3v) is 3.18. The average Bonchev–Trinajstić information content (AvgIpc) is 2.39. The molecule has 0 N–H and O–H groups in total. The molecule has 1 heterocycles. The van der Waals surface area contributed by atoms with Crippen LogP contribution in [0.3, 0.4) is 0 Å². The van der Waals surface area contributed by atoms with Gasteiger partial charge in [-0.1, -0.05) is 17.7 Å². The lowest BCUT2D eigenvalue weighted by Gasteiger charge is -2.28. The number of hydrogen-bond donors (Lipinski definition) is 0. The molecule has 1 saturated heterocycles. The number of hydrogen-bond acceptors (Lipinski definition) is 4. The van der Waals surface area contributed by atoms with Crippen LogP contribution in [0.4, 0.5) is 0 Å². The van der Waals surface area contributed by atoms with Gasteiger partial charge in [-0.15, -0.1) is 0 Å². The molecule has 0 aliphatic carbocycles. The molecule has 0 bridgehead atoms. The first-order valence-electron chi connectivity index (χ1n) is 6.73. The Morgan fingerprint density at radius 1 is 1.40 bits per heavy atom. The molecule has 2 rings (SSSR count). The molecule has 1 atom stereocenters. The third kappa shape index (κ3) is 5.12. The van der Waals surface area contributed by atoms with Crippen LogP contribution in [0.5, 0.6) is 0 Å². The van der Waals surface area contributed by atoms with Gasteiger partial charge in [0.2, 0.25) is 0 Å². The number of rotatable bonds is 4. The van der Waals surface area contributed by atoms with Crippen molar-refractivity contribution >= 4 is 5.97 Å². The molecular weight excluding hydrogens is 278 g/mol. The molecule has 1 unspecified atom stereocenters. The molecule has 112 valence electrons. The SMILES string of the molecule is Cc1cccc(C(=O)OC(C)CN2CCOCC2)c1.[Cl-]. The number of ether oxygens (including phenoxy) is 2. The summed E-state index contributed by atoms with van der Waals surface area (Å²) in [7, 11) is 0. The third-order valence-electron chi connectivity index (χ3n) is 3.18. The normalized spacial score (nSPS) is 17.1. The zero-order valence-electron chi connectivity index (χ0n) is 12.0. The number of halogens is 1. The van der Waals surface area contributed by atoms with Gasteiger partial charge in [-0.05, 0) is 26.0 Å². The molecule has 0 aromatic heterocycles. The summed E-state index contributed by atoms with van der Waals surface area (Å²) < 4.78 is 10.8. The van der Waals surface area contributed by atoms with Crippen molar-refractivity contribution < 1.29 is 26.7 Å². The Hall–Kier alpha value is -1.10. The van der Waals surface area contributed by atoms with Crippen LogP contribution in [0.15, 0.2) is 24.3 Å². The van der Waals surface area contributed by atoms with Gasteiger partial charge in [0.05, 0.1) is 18.8 Å². The van der Waals surface area contributed by atoms with Crippen LogP contribution in [0, 0.1) is 6.92 Å². The minimum absolute atomic E-state index is 0. The molecule has 1 aliphatic rings. The Morgan fingerprint density at radius 3 is 2.75 bits per heavy atom. The zero-order valence-corrected chi connectivity index (χ0v) is 12.7. The van der Waals surface area contributed by atoms with Gasteiger partial charge in [0.1, 0.15) is 6.10 Å². The maximum absolute atomic E-state index is 12.0. The fourth-order valence-corrected chi connectivity index (χ4v) is 2.21. The highest BCUT2D eigenvalue weighted by molar-refractivity contribution is 5.89. The van der Waals surface area contributed by atoms with E-state index in [1.54, 1.807) is 6.07 Å². The Labute approximate surface area is 126 Å². The molecule has 1 aromatic rings. The quantitative estimate of drug-likeness (QED) is 0.660. The van der Waals surface area contributed by atoms with E-state index in [4.69, 9.17) is 9.47 Å². The Morgan fingerprint density at radius 2 is 2.10 bits per heavy atom. The lowest BCUT2D eigenvalue weighted by Crippen LogP contribution is -3.00. The summed E-state index contributed by atoms with van der Waals surface area (Å²) in [6, 6.07) is 7.48. The van der Waals surface area contributed by atoms with E-state index >= 15 is 0 Å². The van der Waals surface area contributed by atoms with E-state index in [-0.39, 0.29) is 24.5 Å². The minimum atomic E-state index is -0.246. The second-order valence-electron chi connectivity index (χ2n) is 5.00. The van der Waals surface area contributed by atoms with Crippen molar-refractivity contribution in [2.45, 2.75) is 20.0 Å². The van der Waals surface area contributed by atoms with E-state index in [0.717, 1.165) is 38.4 Å². The van der Waals surface area contributed by atoms with Crippen LogP contribution in [0.25, 0.3) is 0 Å². The number of morpholine rings is 1. The molecule has 1 aliphatic heterocycles. The van der Waals surface area contributed by atoms with Crippen molar-refractivity contribution in [3.63, 3.8) is 0 Å². The number of carbonyl (C=O) groups is 1. The Bertz CT molecular complexity index is 433. The molecule has 0 radical (unpaired) electrons. The summed E-state index contributed by atoms with van der Waals surface area (Å²) in [5.41, 5.74) is 1.68. The standard InChI is InChI=1S/C15H21NO3.ClH/c1-12-4-3-5-14(10-12)15(17)19-13(2)11-16-6-8-18-9-7-16;/h3-5,10,13H,6-9,11H2,1-2H3;1H/p-1. The second-order valence-corrected chi connectivity index (χ2v) is 5.00. The summed E-state index contributed by atoms with van der Waals surface area (Å²) in [5.74, 6) is -0.246. The van der Waals surface area contributed by atoms with Gasteiger partial charge >= 0.3 is 5.97 Å². The van der Waals surface area contributed by atoms with E-state index < -0.39 is 0 Å². The maximum Gasteiger partial charge on any atom is 0.338 e. The maximum atomic E-state index is 12.0. The molecule has 1 fully saturated rings. The molecule has 0 spiro atoms. The van der Waals surface area contributed by atoms with Gasteiger partial charge in [-0.2, -0.15) is 0 Å². The lowest BCUT2D eigenvalue weighted by molar-refractivity contribution is -0.000647. The molecule has 0 saturated carbocycles. The number of carbonyl (C=O) groups excluding carboxylic acids is 1. The first-order chi connectivity index (χ1) is 9.15. The molecule has 5 heteroatoms. The lowest BCUT2D eigenvalue weighted by atomic mass is 10.1. The fraction of sp³-hybridized carbons (Fsp3) is 0.533. The van der Waals surface area contributed by atoms with Crippen LogP contribution >= 0.6 is 0 Å². The predicted octanol–water partition coefficient (Wildman–Crippen LogP) is -1.12. The van der Waals surface area contributed by atoms with Gasteiger partial charge in [-0.25, -0.2) is 4.79 Å². The summed E-state index contributed by atoms with van der Waals surface area (Å²) >= 11 is 0. The summed E-state index contributed by atoms with van der Waals surface area (Å²) in [6.07, 6.45) is -0.105. The van der Waals surface area contributed by atoms with Crippen molar-refractivity contribution in [2.75, 3.05) is 32.8 Å². The Balaban J connectivity index is 0.00000200. The highest BCUT2D eigenvalue weighted by Crippen LogP contribution is 2.08. The van der Waals surface area contributed by atoms with Crippen LogP contribution < -0.4 is 12.4 Å². The van der Waals surface area contributed by atoms with E-state index in [1.807, 2.05) is 32.0 Å². The second kappa shape index (κ2) is 8.25. The van der Waals surface area contributed by atoms with Gasteiger partial charge < -0.3 is 21.9 Å². The summed E-state index contributed by atoms with van der Waals surface area (Å²) in [5, 5.41) is 0. The van der Waals surface area contributed by atoms with Gasteiger partial charge in [0.15, 0.2) is 0 Å². The van der Waals surface area contributed by atoms with Gasteiger partial charge in [-0.3, -0.25) is 4.90 Å². The van der Waals surface area contributed by atoms with Crippen molar-refractivity contribution in [1.82, 2.24) is 4.90 Å². The molecule has 4 nitrogen and oxygen atoms in total. The molecule has 0 amide bonds. The van der Waals surface area contributed by atoms with Crippen molar-refractivity contribution in [2.24, 2.45) is 0 Å². The molecule has 20 heavy (non-hydrogen) atoms. The number of nitrogens with zero attached hydrogens (tertiary/aromatic N) is 1. The number of benzene rings is 1. The smallest absolute Gasteiger partial charge is 0.338 e. The Kier molecular flexibility index (Phi) is 6.99. The topological polar surface area (TPSA) is 38.8 Å². The van der Waals surface area contributed by atoms with Crippen LogP contribution in [-0.2, 0) is 9.47 Å². The molecule has 1 aromatic carbocycles. The van der Waals surface area contributed by atoms with Crippen LogP contribution in [-0.4, -0.2) is 49.8 Å². The first kappa shape index (κ1) is 17.0. The van der Waals surface area contributed by atoms with E-state index in [9.17, 15) is 4.79 Å². The molecular formula is C15H21ClNO3-.